The van der Waals surface area contributed by atoms with Gasteiger partial charge in [0.05, 0.1) is 38.1 Å². The largest absolute Gasteiger partial charge is 0.384 e. The van der Waals surface area contributed by atoms with Gasteiger partial charge in [0.2, 0.25) is 0 Å². The average molecular weight is 596 g/mol. The van der Waals surface area contributed by atoms with Crippen LogP contribution in [-0.4, -0.2) is 48.3 Å². The van der Waals surface area contributed by atoms with E-state index < -0.39 is 25.6 Å². The molecule has 1 fully saturated rings. The molecule has 0 aliphatic heterocycles. The predicted octanol–water partition coefficient (Wildman–Crippen LogP) is 5.79. The molecular formula is C28H28Cl2O6S2. The monoisotopic (exact) mass is 594 g/mol. The van der Waals surface area contributed by atoms with Gasteiger partial charge in [-0.2, -0.15) is 0 Å². The van der Waals surface area contributed by atoms with E-state index in [1.54, 1.807) is 48.5 Å². The van der Waals surface area contributed by atoms with Gasteiger partial charge in [-0.3, -0.25) is 4.79 Å². The summed E-state index contributed by atoms with van der Waals surface area (Å²) in [6.45, 7) is 0.138. The van der Waals surface area contributed by atoms with Crippen molar-refractivity contribution in [1.29, 1.82) is 0 Å². The van der Waals surface area contributed by atoms with Crippen molar-refractivity contribution in [2.24, 2.45) is 5.92 Å². The topological polar surface area (TPSA) is 94.6 Å². The van der Waals surface area contributed by atoms with Gasteiger partial charge >= 0.3 is 0 Å². The molecule has 0 N–H and O–H groups in total. The first-order valence-corrected chi connectivity index (χ1v) is 16.3. The number of hydrogen-bond acceptors (Lipinski definition) is 6. The fourth-order valence-corrected chi connectivity index (χ4v) is 7.41. The Labute approximate surface area is 233 Å². The molecule has 1 saturated carbocycles. The Morgan fingerprint density at radius 3 is 1.97 bits per heavy atom. The molecule has 4 rings (SSSR count). The number of carbonyl (C=O) groups excluding carboxylic acids is 1. The van der Waals surface area contributed by atoms with Gasteiger partial charge in [-0.25, -0.2) is 16.8 Å². The minimum absolute atomic E-state index is 0.0441. The number of rotatable bonds is 11. The number of Topliss-reactive ketones (excluding diaryl/α,β-unsaturated/α-hetero) is 1. The molecule has 10 heteroatoms. The lowest BCUT2D eigenvalue weighted by atomic mass is 9.91. The summed E-state index contributed by atoms with van der Waals surface area (Å²) < 4.78 is 53.9. The Morgan fingerprint density at radius 2 is 1.47 bits per heavy atom. The van der Waals surface area contributed by atoms with Crippen LogP contribution in [0, 0.1) is 5.92 Å². The molecule has 0 amide bonds. The summed E-state index contributed by atoms with van der Waals surface area (Å²) >= 11 is 13.1. The van der Waals surface area contributed by atoms with E-state index in [0.717, 1.165) is 19.1 Å². The van der Waals surface area contributed by atoms with E-state index in [-0.39, 0.29) is 40.3 Å². The Balaban J connectivity index is 1.53. The highest BCUT2D eigenvalue weighted by atomic mass is 35.5. The lowest BCUT2D eigenvalue weighted by Gasteiger charge is -2.17. The van der Waals surface area contributed by atoms with Crippen LogP contribution in [0.15, 0.2) is 70.5 Å². The molecule has 0 bridgehead atoms. The highest BCUT2D eigenvalue weighted by molar-refractivity contribution is 7.91. The number of carbonyl (C=O) groups is 1. The van der Waals surface area contributed by atoms with E-state index in [9.17, 15) is 21.6 Å². The smallest absolute Gasteiger partial charge is 0.178 e. The fourth-order valence-electron chi connectivity index (χ4n) is 4.34. The standard InChI is InChI=1S/C28H28Cl2O6S2/c1-36-16-24(20-5-11-23(12-6-20)38(34,35)17-18-3-4-18)27(31)15-19-13-25(29)28(26(30)14-19)21-7-9-22(10-8-21)37(2,32)33/h5-14,18,24H,3-4,15-17H2,1-2H3. The van der Waals surface area contributed by atoms with Crippen molar-refractivity contribution in [3.63, 3.8) is 0 Å². The first-order chi connectivity index (χ1) is 17.9. The van der Waals surface area contributed by atoms with Gasteiger partial charge in [-0.05, 0) is 71.8 Å². The molecule has 202 valence electrons. The SMILES string of the molecule is COCC(C(=O)Cc1cc(Cl)c(-c2ccc(S(C)(=O)=O)cc2)c(Cl)c1)c1ccc(S(=O)(=O)CC2CC2)cc1. The number of methoxy groups -OCH3 is 1. The maximum absolute atomic E-state index is 13.3. The second kappa shape index (κ2) is 11.5. The van der Waals surface area contributed by atoms with Crippen LogP contribution in [-0.2, 0) is 35.6 Å². The van der Waals surface area contributed by atoms with Crippen molar-refractivity contribution in [2.75, 3.05) is 25.7 Å². The number of ketones is 1. The second-order valence-electron chi connectivity index (χ2n) is 9.68. The molecule has 3 aromatic carbocycles. The van der Waals surface area contributed by atoms with Crippen LogP contribution in [0.1, 0.15) is 29.9 Å². The normalized spacial score (nSPS) is 14.8. The molecule has 1 aliphatic rings. The highest BCUT2D eigenvalue weighted by Crippen LogP contribution is 2.37. The Bertz CT molecular complexity index is 1520. The molecule has 0 saturated heterocycles. The molecule has 3 aromatic rings. The minimum atomic E-state index is -3.34. The van der Waals surface area contributed by atoms with Gasteiger partial charge in [-0.1, -0.05) is 47.5 Å². The Kier molecular flexibility index (Phi) is 8.69. The zero-order valence-corrected chi connectivity index (χ0v) is 24.1. The zero-order chi connectivity index (χ0) is 27.7. The van der Waals surface area contributed by atoms with Crippen molar-refractivity contribution >= 4 is 48.7 Å². The average Bonchev–Trinajstić information content (AvgIpc) is 3.65. The number of sulfone groups is 2. The van der Waals surface area contributed by atoms with Gasteiger partial charge < -0.3 is 4.74 Å². The molecule has 0 heterocycles. The summed E-state index contributed by atoms with van der Waals surface area (Å²) in [6.07, 6.45) is 3.08. The van der Waals surface area contributed by atoms with E-state index in [0.29, 0.717) is 32.3 Å². The van der Waals surface area contributed by atoms with Crippen molar-refractivity contribution < 1.29 is 26.4 Å². The van der Waals surface area contributed by atoms with E-state index in [1.165, 1.54) is 19.2 Å². The van der Waals surface area contributed by atoms with Crippen molar-refractivity contribution in [3.8, 4) is 11.1 Å². The predicted molar refractivity (Wildman–Crippen MR) is 150 cm³/mol. The summed E-state index contributed by atoms with van der Waals surface area (Å²) in [5.74, 6) is -0.315. The maximum atomic E-state index is 13.3. The molecule has 1 unspecified atom stereocenters. The summed E-state index contributed by atoms with van der Waals surface area (Å²) in [5.41, 5.74) is 2.48. The number of benzene rings is 3. The molecule has 1 aliphatic carbocycles. The van der Waals surface area contributed by atoms with Crippen LogP contribution in [0.4, 0.5) is 0 Å². The van der Waals surface area contributed by atoms with Gasteiger partial charge in [0.25, 0.3) is 0 Å². The Hall–Kier alpha value is -2.23. The Morgan fingerprint density at radius 1 is 0.921 bits per heavy atom. The van der Waals surface area contributed by atoms with Crippen LogP contribution < -0.4 is 0 Å². The van der Waals surface area contributed by atoms with Crippen LogP contribution >= 0.6 is 23.2 Å². The quantitative estimate of drug-likeness (QED) is 0.279. The fraction of sp³-hybridized carbons (Fsp3) is 0.321. The van der Waals surface area contributed by atoms with Crippen LogP contribution in [0.2, 0.25) is 10.0 Å². The van der Waals surface area contributed by atoms with Gasteiger partial charge in [0.15, 0.2) is 19.7 Å². The summed E-state index contributed by atoms with van der Waals surface area (Å²) in [7, 11) is -5.17. The molecule has 0 aromatic heterocycles. The maximum Gasteiger partial charge on any atom is 0.178 e. The van der Waals surface area contributed by atoms with Crippen LogP contribution in [0.25, 0.3) is 11.1 Å². The molecule has 0 radical (unpaired) electrons. The molecule has 1 atom stereocenters. The summed E-state index contributed by atoms with van der Waals surface area (Å²) in [4.78, 5) is 13.8. The molecule has 38 heavy (non-hydrogen) atoms. The van der Waals surface area contributed by atoms with Gasteiger partial charge in [0.1, 0.15) is 5.78 Å². The number of hydrogen-bond donors (Lipinski definition) is 0. The highest BCUT2D eigenvalue weighted by Gasteiger charge is 2.29. The first-order valence-electron chi connectivity index (χ1n) is 12.0. The van der Waals surface area contributed by atoms with Crippen LogP contribution in [0.5, 0.6) is 0 Å². The zero-order valence-electron chi connectivity index (χ0n) is 21.0. The van der Waals surface area contributed by atoms with E-state index in [4.69, 9.17) is 27.9 Å². The third kappa shape index (κ3) is 6.85. The summed E-state index contributed by atoms with van der Waals surface area (Å²) in [5, 5.41) is 0.668. The van der Waals surface area contributed by atoms with Gasteiger partial charge in [-0.15, -0.1) is 0 Å². The molecule has 6 nitrogen and oxygen atoms in total. The van der Waals surface area contributed by atoms with E-state index in [2.05, 4.69) is 0 Å². The van der Waals surface area contributed by atoms with Crippen molar-refractivity contribution in [3.05, 3.63) is 81.8 Å². The van der Waals surface area contributed by atoms with Crippen LogP contribution in [0.3, 0.4) is 0 Å². The molecular weight excluding hydrogens is 567 g/mol. The third-order valence-corrected chi connectivity index (χ3v) is 10.2. The lowest BCUT2D eigenvalue weighted by Crippen LogP contribution is -2.20. The van der Waals surface area contributed by atoms with Gasteiger partial charge in [0, 0.05) is 25.3 Å². The number of ether oxygens (including phenoxy) is 1. The second-order valence-corrected chi connectivity index (χ2v) is 14.5. The van der Waals surface area contributed by atoms with E-state index in [1.807, 2.05) is 0 Å². The minimum Gasteiger partial charge on any atom is -0.384 e. The van der Waals surface area contributed by atoms with E-state index >= 15 is 0 Å². The lowest BCUT2D eigenvalue weighted by molar-refractivity contribution is -0.121. The van der Waals surface area contributed by atoms with Crippen molar-refractivity contribution in [1.82, 2.24) is 0 Å². The van der Waals surface area contributed by atoms with Crippen molar-refractivity contribution in [2.45, 2.75) is 35.0 Å². The number of halogens is 2. The third-order valence-electron chi connectivity index (χ3n) is 6.57. The molecule has 0 spiro atoms. The summed E-state index contributed by atoms with van der Waals surface area (Å²) in [6, 6.07) is 16.1. The first kappa shape index (κ1) is 28.8.